The zero-order valence-electron chi connectivity index (χ0n) is 14.0. The molecule has 138 valence electrons. The summed E-state index contributed by atoms with van der Waals surface area (Å²) in [7, 11) is 0. The number of aliphatic hydroxyl groups is 1. The van der Waals surface area contributed by atoms with Gasteiger partial charge >= 0.3 is 0 Å². The Balaban J connectivity index is 1.97. The molecule has 0 radical (unpaired) electrons. The smallest absolute Gasteiger partial charge is 0.270 e. The monoisotopic (exact) mass is 369 g/mol. The Bertz CT molecular complexity index is 973. The predicted octanol–water partition coefficient (Wildman–Crippen LogP) is 0.887. The quantitative estimate of drug-likeness (QED) is 0.439. The molecule has 9 heteroatoms. The second-order valence-corrected chi connectivity index (χ2v) is 6.14. The highest BCUT2D eigenvalue weighted by molar-refractivity contribution is 6.12. The number of nitrogens with zero attached hydrogens (tertiary/aromatic N) is 2. The Morgan fingerprint density at radius 2 is 1.89 bits per heavy atom. The fourth-order valence-electron chi connectivity index (χ4n) is 3.12. The van der Waals surface area contributed by atoms with Gasteiger partial charge in [-0.25, -0.2) is 0 Å². The molecule has 0 spiro atoms. The van der Waals surface area contributed by atoms with Crippen molar-refractivity contribution in [2.45, 2.75) is 12.0 Å². The summed E-state index contributed by atoms with van der Waals surface area (Å²) in [6, 6.07) is 11.2. The van der Waals surface area contributed by atoms with Gasteiger partial charge in [0.15, 0.2) is 11.4 Å². The molecule has 0 aliphatic carbocycles. The summed E-state index contributed by atoms with van der Waals surface area (Å²) in [5.41, 5.74) is 3.17. The summed E-state index contributed by atoms with van der Waals surface area (Å²) in [5, 5.41) is 21.9. The van der Waals surface area contributed by atoms with Crippen molar-refractivity contribution in [3.63, 3.8) is 0 Å². The van der Waals surface area contributed by atoms with Crippen molar-refractivity contribution in [2.75, 3.05) is 11.4 Å². The second kappa shape index (κ2) is 6.61. The van der Waals surface area contributed by atoms with Gasteiger partial charge in [-0.15, -0.1) is 0 Å². The van der Waals surface area contributed by atoms with Crippen LogP contribution >= 0.6 is 0 Å². The lowest BCUT2D eigenvalue weighted by Gasteiger charge is -2.22. The minimum absolute atomic E-state index is 0.00347. The number of carbonyl (C=O) groups is 3. The SMILES string of the molecule is NC(=O)CN1C(=O)C(O)(CC(=O)c2cccc([N+](=O)[O-])c2)c2ccccc21. The van der Waals surface area contributed by atoms with E-state index in [1.165, 1.54) is 30.3 Å². The van der Waals surface area contributed by atoms with E-state index in [0.717, 1.165) is 11.0 Å². The Morgan fingerprint density at radius 1 is 1.19 bits per heavy atom. The van der Waals surface area contributed by atoms with Gasteiger partial charge in [0.1, 0.15) is 6.54 Å². The first-order chi connectivity index (χ1) is 12.7. The lowest BCUT2D eigenvalue weighted by molar-refractivity contribution is -0.384. The number of primary amides is 1. The molecule has 9 nitrogen and oxygen atoms in total. The molecular formula is C18H15N3O6. The number of hydrogen-bond donors (Lipinski definition) is 2. The number of ketones is 1. The first-order valence-corrected chi connectivity index (χ1v) is 7.94. The van der Waals surface area contributed by atoms with E-state index < -0.39 is 41.1 Å². The third-order valence-corrected chi connectivity index (χ3v) is 4.35. The number of Topliss-reactive ketones (excluding diaryl/α,β-unsaturated/α-hetero) is 1. The molecule has 3 rings (SSSR count). The number of nitro benzene ring substituents is 1. The fourth-order valence-corrected chi connectivity index (χ4v) is 3.12. The lowest BCUT2D eigenvalue weighted by atomic mass is 9.88. The van der Waals surface area contributed by atoms with Crippen LogP contribution in [-0.2, 0) is 15.2 Å². The van der Waals surface area contributed by atoms with Crippen LogP contribution in [0.2, 0.25) is 0 Å². The number of non-ortho nitro benzene ring substituents is 1. The van der Waals surface area contributed by atoms with E-state index in [1.54, 1.807) is 12.1 Å². The molecular weight excluding hydrogens is 354 g/mol. The molecule has 0 aromatic heterocycles. The van der Waals surface area contributed by atoms with Gasteiger partial charge < -0.3 is 10.8 Å². The summed E-state index contributed by atoms with van der Waals surface area (Å²) in [6.07, 6.45) is -0.626. The van der Waals surface area contributed by atoms with Crippen LogP contribution in [0.25, 0.3) is 0 Å². The number of rotatable bonds is 6. The second-order valence-electron chi connectivity index (χ2n) is 6.14. The number of carbonyl (C=O) groups excluding carboxylic acids is 3. The zero-order chi connectivity index (χ0) is 19.8. The van der Waals surface area contributed by atoms with Crippen LogP contribution < -0.4 is 10.6 Å². The zero-order valence-corrected chi connectivity index (χ0v) is 14.0. The third kappa shape index (κ3) is 3.15. The minimum atomic E-state index is -2.19. The maximum Gasteiger partial charge on any atom is 0.270 e. The first kappa shape index (κ1) is 18.2. The van der Waals surface area contributed by atoms with Crippen LogP contribution in [-0.4, -0.2) is 34.2 Å². The number of hydrogen-bond acceptors (Lipinski definition) is 6. The van der Waals surface area contributed by atoms with Gasteiger partial charge in [0.05, 0.1) is 17.0 Å². The maximum absolute atomic E-state index is 12.8. The van der Waals surface area contributed by atoms with Gasteiger partial charge in [0.25, 0.3) is 11.6 Å². The number of para-hydroxylation sites is 1. The minimum Gasteiger partial charge on any atom is -0.375 e. The fraction of sp³-hybridized carbons (Fsp3) is 0.167. The predicted molar refractivity (Wildman–Crippen MR) is 93.9 cm³/mol. The van der Waals surface area contributed by atoms with Crippen molar-refractivity contribution in [2.24, 2.45) is 5.73 Å². The highest BCUT2D eigenvalue weighted by Crippen LogP contribution is 2.42. The summed E-state index contributed by atoms with van der Waals surface area (Å²) in [4.78, 5) is 47.9. The average Bonchev–Trinajstić information content (AvgIpc) is 2.84. The van der Waals surface area contributed by atoms with Crippen LogP contribution in [0, 0.1) is 10.1 Å². The highest BCUT2D eigenvalue weighted by Gasteiger charge is 2.51. The molecule has 0 saturated carbocycles. The number of fused-ring (bicyclic) bond motifs is 1. The Morgan fingerprint density at radius 3 is 2.56 bits per heavy atom. The van der Waals surface area contributed by atoms with Gasteiger partial charge in [0.2, 0.25) is 5.91 Å². The van der Waals surface area contributed by atoms with E-state index in [-0.39, 0.29) is 22.5 Å². The van der Waals surface area contributed by atoms with Gasteiger partial charge in [0, 0.05) is 23.3 Å². The van der Waals surface area contributed by atoms with E-state index in [4.69, 9.17) is 5.73 Å². The highest BCUT2D eigenvalue weighted by atomic mass is 16.6. The number of anilines is 1. The largest absolute Gasteiger partial charge is 0.375 e. The van der Waals surface area contributed by atoms with Crippen molar-refractivity contribution in [1.82, 2.24) is 0 Å². The molecule has 1 aliphatic heterocycles. The molecule has 1 unspecified atom stereocenters. The third-order valence-electron chi connectivity index (χ3n) is 4.35. The van der Waals surface area contributed by atoms with Crippen molar-refractivity contribution in [3.05, 3.63) is 69.8 Å². The molecule has 2 aromatic rings. The van der Waals surface area contributed by atoms with Crippen molar-refractivity contribution >= 4 is 29.0 Å². The first-order valence-electron chi connectivity index (χ1n) is 7.94. The molecule has 1 atom stereocenters. The molecule has 1 aliphatic rings. The van der Waals surface area contributed by atoms with Gasteiger partial charge in [-0.05, 0) is 6.07 Å². The number of amides is 2. The van der Waals surface area contributed by atoms with Crippen molar-refractivity contribution in [3.8, 4) is 0 Å². The topological polar surface area (TPSA) is 144 Å². The summed E-state index contributed by atoms with van der Waals surface area (Å²) in [6.45, 7) is -0.441. The van der Waals surface area contributed by atoms with Crippen LogP contribution in [0.3, 0.4) is 0 Å². The standard InChI is InChI=1S/C18H15N3O6/c19-16(23)10-20-14-7-2-1-6-13(14)18(25,17(20)24)9-15(22)11-4-3-5-12(8-11)21(26)27/h1-8,25H,9-10H2,(H2,19,23). The van der Waals surface area contributed by atoms with Gasteiger partial charge in [-0.1, -0.05) is 30.3 Å². The summed E-state index contributed by atoms with van der Waals surface area (Å²) < 4.78 is 0. The van der Waals surface area contributed by atoms with Crippen LogP contribution in [0.4, 0.5) is 11.4 Å². The number of nitrogens with two attached hydrogens (primary N) is 1. The molecule has 0 bridgehead atoms. The van der Waals surface area contributed by atoms with Crippen molar-refractivity contribution in [1.29, 1.82) is 0 Å². The normalized spacial score (nSPS) is 18.3. The summed E-state index contributed by atoms with van der Waals surface area (Å²) >= 11 is 0. The molecule has 3 N–H and O–H groups in total. The molecule has 0 fully saturated rings. The molecule has 1 heterocycles. The average molecular weight is 369 g/mol. The van der Waals surface area contributed by atoms with Crippen LogP contribution in [0.5, 0.6) is 0 Å². The lowest BCUT2D eigenvalue weighted by Crippen LogP contribution is -2.44. The van der Waals surface area contributed by atoms with E-state index >= 15 is 0 Å². The van der Waals surface area contributed by atoms with E-state index in [2.05, 4.69) is 0 Å². The Kier molecular flexibility index (Phi) is 4.46. The Labute approximate surface area is 153 Å². The maximum atomic E-state index is 12.8. The molecule has 2 amide bonds. The molecule has 0 saturated heterocycles. The van der Waals surface area contributed by atoms with E-state index in [9.17, 15) is 29.6 Å². The van der Waals surface area contributed by atoms with Gasteiger partial charge in [-0.3, -0.25) is 29.4 Å². The van der Waals surface area contributed by atoms with Gasteiger partial charge in [-0.2, -0.15) is 0 Å². The Hall–Kier alpha value is -3.59. The van der Waals surface area contributed by atoms with E-state index in [1.807, 2.05) is 0 Å². The van der Waals surface area contributed by atoms with Crippen LogP contribution in [0.15, 0.2) is 48.5 Å². The molecule has 27 heavy (non-hydrogen) atoms. The summed E-state index contributed by atoms with van der Waals surface area (Å²) in [5.74, 6) is -2.26. The molecule has 2 aromatic carbocycles. The number of benzene rings is 2. The van der Waals surface area contributed by atoms with E-state index in [0.29, 0.717) is 0 Å². The van der Waals surface area contributed by atoms with Crippen molar-refractivity contribution < 1.29 is 24.4 Å². The number of nitro groups is 1. The van der Waals surface area contributed by atoms with Crippen LogP contribution in [0.1, 0.15) is 22.3 Å².